The molecule has 1 aliphatic carbocycles. The highest BCUT2D eigenvalue weighted by Crippen LogP contribution is 2.42. The Morgan fingerprint density at radius 3 is 2.82 bits per heavy atom. The zero-order valence-electron chi connectivity index (χ0n) is 15.3. The molecule has 5 rings (SSSR count). The first-order chi connectivity index (χ1) is 13.8. The minimum Gasteiger partial charge on any atom is -0.493 e. The summed E-state index contributed by atoms with van der Waals surface area (Å²) in [6.45, 7) is 0. The first-order valence-electron chi connectivity index (χ1n) is 8.76. The summed E-state index contributed by atoms with van der Waals surface area (Å²) in [6.07, 6.45) is 5.00. The van der Waals surface area contributed by atoms with Gasteiger partial charge in [0, 0.05) is 15.8 Å². The fraction of sp³-hybridized carbons (Fsp3) is 0.263. The molecule has 0 N–H and O–H groups in total. The van der Waals surface area contributed by atoms with Gasteiger partial charge in [-0.05, 0) is 54.8 Å². The molecule has 0 aliphatic heterocycles. The maximum atomic E-state index is 5.88. The Bertz CT molecular complexity index is 1170. The number of thiophene rings is 1. The largest absolute Gasteiger partial charge is 0.493 e. The lowest BCUT2D eigenvalue weighted by atomic mass is 10.2. The number of benzene rings is 1. The van der Waals surface area contributed by atoms with Crippen molar-refractivity contribution in [1.82, 2.24) is 20.2 Å². The highest BCUT2D eigenvalue weighted by Gasteiger charge is 2.23. The van der Waals surface area contributed by atoms with E-state index in [1.807, 2.05) is 18.2 Å². The van der Waals surface area contributed by atoms with Crippen molar-refractivity contribution >= 4 is 33.3 Å². The number of methoxy groups -OCH3 is 2. The molecule has 1 aromatic carbocycles. The second-order valence-corrected chi connectivity index (χ2v) is 8.28. The Morgan fingerprint density at radius 1 is 1.07 bits per heavy atom. The van der Waals surface area contributed by atoms with Crippen LogP contribution in [0.15, 0.2) is 39.2 Å². The summed E-state index contributed by atoms with van der Waals surface area (Å²) in [6, 6.07) is 5.49. The molecule has 0 atom stereocenters. The van der Waals surface area contributed by atoms with Gasteiger partial charge in [0.15, 0.2) is 11.5 Å². The number of ether oxygens (including phenoxy) is 2. The van der Waals surface area contributed by atoms with E-state index in [9.17, 15) is 0 Å². The Kier molecular flexibility index (Phi) is 4.40. The Morgan fingerprint density at radius 2 is 1.96 bits per heavy atom. The molecule has 0 saturated carbocycles. The third-order valence-electron chi connectivity index (χ3n) is 4.69. The predicted molar refractivity (Wildman–Crippen MR) is 106 cm³/mol. The molecular formula is C19H16N4O3S2. The molecule has 0 spiro atoms. The molecule has 0 unspecified atom stereocenters. The van der Waals surface area contributed by atoms with E-state index in [2.05, 4.69) is 20.2 Å². The monoisotopic (exact) mass is 412 g/mol. The van der Waals surface area contributed by atoms with Gasteiger partial charge in [0.05, 0.1) is 14.2 Å². The fourth-order valence-electron chi connectivity index (χ4n) is 3.40. The smallest absolute Gasteiger partial charge is 0.283 e. The SMILES string of the molecule is COc1ccc(-c2nnc(Sc3ncnc4sc5c(c34)CCC5)o2)cc1OC. The zero-order valence-corrected chi connectivity index (χ0v) is 16.9. The topological polar surface area (TPSA) is 83.2 Å². The molecule has 3 heterocycles. The van der Waals surface area contributed by atoms with Crippen LogP contribution in [-0.2, 0) is 12.8 Å². The summed E-state index contributed by atoms with van der Waals surface area (Å²) in [5, 5.41) is 10.8. The van der Waals surface area contributed by atoms with Gasteiger partial charge in [-0.1, -0.05) is 0 Å². The molecule has 0 bridgehead atoms. The molecule has 0 amide bonds. The number of hydrogen-bond acceptors (Lipinski definition) is 9. The summed E-state index contributed by atoms with van der Waals surface area (Å²) in [5.41, 5.74) is 2.14. The van der Waals surface area contributed by atoms with Crippen LogP contribution in [0.2, 0.25) is 0 Å². The Hall–Kier alpha value is -2.65. The van der Waals surface area contributed by atoms with Gasteiger partial charge in [-0.2, -0.15) is 0 Å². The molecule has 0 saturated heterocycles. The zero-order chi connectivity index (χ0) is 19.1. The van der Waals surface area contributed by atoms with Gasteiger partial charge in [0.2, 0.25) is 5.89 Å². The highest BCUT2D eigenvalue weighted by molar-refractivity contribution is 7.99. The van der Waals surface area contributed by atoms with E-state index in [4.69, 9.17) is 13.9 Å². The lowest BCUT2D eigenvalue weighted by molar-refractivity contribution is 0.355. The van der Waals surface area contributed by atoms with Crippen molar-refractivity contribution in [2.45, 2.75) is 29.5 Å². The third kappa shape index (κ3) is 2.91. The van der Waals surface area contributed by atoms with E-state index in [1.165, 1.54) is 28.6 Å². The van der Waals surface area contributed by atoms with Gasteiger partial charge < -0.3 is 13.9 Å². The standard InChI is InChI=1S/C19H16N4O3S2/c1-24-12-7-6-10(8-13(12)25-2)16-22-23-19(26-16)28-18-15-11-4-3-5-14(11)27-17(15)20-9-21-18/h6-9H,3-5H2,1-2H3. The summed E-state index contributed by atoms with van der Waals surface area (Å²) in [5.74, 6) is 1.68. The lowest BCUT2D eigenvalue weighted by Crippen LogP contribution is -1.90. The average molecular weight is 412 g/mol. The van der Waals surface area contributed by atoms with Crippen molar-refractivity contribution in [1.29, 1.82) is 0 Å². The number of hydrogen-bond donors (Lipinski definition) is 0. The fourth-order valence-corrected chi connectivity index (χ4v) is 5.48. The van der Waals surface area contributed by atoms with Crippen LogP contribution in [0.25, 0.3) is 21.7 Å². The van der Waals surface area contributed by atoms with Gasteiger partial charge in [-0.15, -0.1) is 21.5 Å². The van der Waals surface area contributed by atoms with Crippen LogP contribution in [0.1, 0.15) is 16.9 Å². The van der Waals surface area contributed by atoms with Crippen LogP contribution in [-0.4, -0.2) is 34.4 Å². The summed E-state index contributed by atoms with van der Waals surface area (Å²) in [4.78, 5) is 11.4. The quantitative estimate of drug-likeness (QED) is 0.446. The minimum absolute atomic E-state index is 0.421. The van der Waals surface area contributed by atoms with E-state index in [1.54, 1.807) is 31.9 Å². The molecule has 3 aromatic heterocycles. The van der Waals surface area contributed by atoms with Crippen LogP contribution >= 0.6 is 23.1 Å². The van der Waals surface area contributed by atoms with Crippen molar-refractivity contribution < 1.29 is 13.9 Å². The van der Waals surface area contributed by atoms with Crippen molar-refractivity contribution in [3.8, 4) is 23.0 Å². The normalized spacial score (nSPS) is 13.1. The van der Waals surface area contributed by atoms with Crippen molar-refractivity contribution in [3.63, 3.8) is 0 Å². The number of fused-ring (bicyclic) bond motifs is 3. The summed E-state index contributed by atoms with van der Waals surface area (Å²) < 4.78 is 16.5. The minimum atomic E-state index is 0.421. The molecule has 28 heavy (non-hydrogen) atoms. The van der Waals surface area contributed by atoms with E-state index in [0.29, 0.717) is 22.6 Å². The molecule has 7 nitrogen and oxygen atoms in total. The third-order valence-corrected chi connectivity index (χ3v) is 6.73. The maximum Gasteiger partial charge on any atom is 0.283 e. The Balaban J connectivity index is 1.47. The summed E-state index contributed by atoms with van der Waals surface area (Å²) >= 11 is 3.14. The predicted octanol–water partition coefficient (Wildman–Crippen LogP) is 4.40. The first-order valence-corrected chi connectivity index (χ1v) is 10.4. The van der Waals surface area contributed by atoms with Crippen molar-refractivity contribution in [2.24, 2.45) is 0 Å². The van der Waals surface area contributed by atoms with Gasteiger partial charge in [-0.25, -0.2) is 9.97 Å². The van der Waals surface area contributed by atoms with Crippen LogP contribution in [0, 0.1) is 0 Å². The van der Waals surface area contributed by atoms with Gasteiger partial charge >= 0.3 is 0 Å². The molecule has 142 valence electrons. The number of nitrogens with zero attached hydrogens (tertiary/aromatic N) is 4. The van der Waals surface area contributed by atoms with E-state index < -0.39 is 0 Å². The average Bonchev–Trinajstić information content (AvgIpc) is 3.43. The molecule has 1 aliphatic rings. The molecule has 0 radical (unpaired) electrons. The highest BCUT2D eigenvalue weighted by atomic mass is 32.2. The van der Waals surface area contributed by atoms with Gasteiger partial charge in [0.25, 0.3) is 5.22 Å². The number of aromatic nitrogens is 4. The molecule has 9 heteroatoms. The van der Waals surface area contributed by atoms with Crippen molar-refractivity contribution in [2.75, 3.05) is 14.2 Å². The maximum absolute atomic E-state index is 5.88. The molecule has 4 aromatic rings. The van der Waals surface area contributed by atoms with Crippen LogP contribution in [0.3, 0.4) is 0 Å². The first kappa shape index (κ1) is 17.4. The second-order valence-electron chi connectivity index (χ2n) is 6.26. The van der Waals surface area contributed by atoms with Crippen LogP contribution in [0.5, 0.6) is 11.5 Å². The van der Waals surface area contributed by atoms with E-state index in [-0.39, 0.29) is 0 Å². The molecular weight excluding hydrogens is 396 g/mol. The van der Waals surface area contributed by atoms with Gasteiger partial charge in [0.1, 0.15) is 16.2 Å². The Labute approximate surface area is 169 Å². The second kappa shape index (κ2) is 7.06. The summed E-state index contributed by atoms with van der Waals surface area (Å²) in [7, 11) is 3.19. The van der Waals surface area contributed by atoms with Crippen molar-refractivity contribution in [3.05, 3.63) is 35.0 Å². The lowest BCUT2D eigenvalue weighted by Gasteiger charge is -2.07. The number of aryl methyl sites for hydroxylation is 2. The molecule has 0 fully saturated rings. The van der Waals surface area contributed by atoms with E-state index in [0.717, 1.165) is 33.6 Å². The van der Waals surface area contributed by atoms with E-state index >= 15 is 0 Å². The number of rotatable bonds is 5. The van der Waals surface area contributed by atoms with Crippen LogP contribution in [0.4, 0.5) is 0 Å². The van der Waals surface area contributed by atoms with Gasteiger partial charge in [-0.3, -0.25) is 0 Å². The van der Waals surface area contributed by atoms with Crippen LogP contribution < -0.4 is 9.47 Å².